The summed E-state index contributed by atoms with van der Waals surface area (Å²) < 4.78 is 16.3. The molecule has 0 amide bonds. The van der Waals surface area contributed by atoms with E-state index < -0.39 is 0 Å². The molecule has 8 nitrogen and oxygen atoms in total. The maximum Gasteiger partial charge on any atom is 0.306 e. The average molecular weight is 621 g/mol. The Kier molecular flexibility index (Phi) is 27.3. The van der Waals surface area contributed by atoms with Crippen molar-refractivity contribution in [2.24, 2.45) is 10.9 Å². The summed E-state index contributed by atoms with van der Waals surface area (Å²) in [6, 6.07) is 0. The van der Waals surface area contributed by atoms with Crippen LogP contribution in [-0.2, 0) is 28.6 Å². The van der Waals surface area contributed by atoms with Gasteiger partial charge in [-0.3, -0.25) is 19.4 Å². The Morgan fingerprint density at radius 2 is 1.36 bits per heavy atom. The quantitative estimate of drug-likeness (QED) is 0.0271. The molecule has 2 atom stereocenters. The van der Waals surface area contributed by atoms with Crippen LogP contribution in [-0.4, -0.2) is 62.4 Å². The van der Waals surface area contributed by atoms with Gasteiger partial charge in [0.2, 0.25) is 0 Å². The van der Waals surface area contributed by atoms with E-state index in [2.05, 4.69) is 38.6 Å². The number of carbonyl (C=O) groups is 3. The van der Waals surface area contributed by atoms with Crippen molar-refractivity contribution < 1.29 is 28.6 Å². The van der Waals surface area contributed by atoms with E-state index in [1.165, 1.54) is 18.9 Å². The van der Waals surface area contributed by atoms with E-state index in [1.54, 1.807) is 6.20 Å². The predicted octanol–water partition coefficient (Wildman–Crippen LogP) is 8.73. The molecule has 0 bridgehead atoms. The molecule has 0 fully saturated rings. The number of unbranched alkanes of at least 4 members (excludes halogenated alkanes) is 8. The van der Waals surface area contributed by atoms with E-state index in [-0.39, 0.29) is 24.0 Å². The summed E-state index contributed by atoms with van der Waals surface area (Å²) in [6.45, 7) is 13.1. The second-order valence-corrected chi connectivity index (χ2v) is 12.4. The molecule has 0 spiro atoms. The molecule has 0 aliphatic carbocycles. The minimum absolute atomic E-state index is 0.0621. The van der Waals surface area contributed by atoms with Crippen molar-refractivity contribution in [3.8, 4) is 0 Å². The van der Waals surface area contributed by atoms with Gasteiger partial charge in [0, 0.05) is 45.8 Å². The van der Waals surface area contributed by atoms with E-state index in [0.29, 0.717) is 32.0 Å². The van der Waals surface area contributed by atoms with Crippen LogP contribution in [0.5, 0.6) is 0 Å². The van der Waals surface area contributed by atoms with Gasteiger partial charge in [-0.2, -0.15) is 0 Å². The zero-order valence-electron chi connectivity index (χ0n) is 28.8. The topological polar surface area (TPSA) is 94.5 Å². The number of ether oxygens (including phenoxy) is 3. The van der Waals surface area contributed by atoms with Gasteiger partial charge in [0.05, 0.1) is 13.2 Å². The van der Waals surface area contributed by atoms with Crippen LogP contribution in [0.4, 0.5) is 0 Å². The van der Waals surface area contributed by atoms with Crippen molar-refractivity contribution in [1.29, 1.82) is 0 Å². The molecule has 254 valence electrons. The third-order valence-corrected chi connectivity index (χ3v) is 7.57. The number of allylic oxidation sites excluding steroid dienone is 2. The van der Waals surface area contributed by atoms with Crippen molar-refractivity contribution in [1.82, 2.24) is 4.90 Å². The van der Waals surface area contributed by atoms with Gasteiger partial charge in [0.15, 0.2) is 0 Å². The highest BCUT2D eigenvalue weighted by Crippen LogP contribution is 2.18. The molecule has 0 heterocycles. The van der Waals surface area contributed by atoms with Crippen LogP contribution in [0.3, 0.4) is 0 Å². The first-order chi connectivity index (χ1) is 21.1. The number of hydrogen-bond acceptors (Lipinski definition) is 8. The molecule has 44 heavy (non-hydrogen) atoms. The van der Waals surface area contributed by atoms with Crippen LogP contribution in [0.25, 0.3) is 0 Å². The third-order valence-electron chi connectivity index (χ3n) is 7.57. The van der Waals surface area contributed by atoms with Gasteiger partial charge in [-0.15, -0.1) is 0 Å². The molecule has 0 saturated heterocycles. The van der Waals surface area contributed by atoms with Crippen molar-refractivity contribution in [3.63, 3.8) is 0 Å². The van der Waals surface area contributed by atoms with Crippen LogP contribution in [0.15, 0.2) is 29.0 Å². The molecular formula is C36H64N2O6. The summed E-state index contributed by atoms with van der Waals surface area (Å²) in [5, 5.41) is 0. The number of nitrogens with zero attached hydrogens (tertiary/aromatic N) is 2. The average Bonchev–Trinajstić information content (AvgIpc) is 2.97. The van der Waals surface area contributed by atoms with Crippen molar-refractivity contribution in [2.45, 2.75) is 149 Å². The standard InChI is InChI=1S/C36H64N2O6/c1-31(2)19-14-15-20-32(3)24-25-35(40)43-30-17-11-9-13-22-34(21-12-8-7-10-16-29-42-33(4)39)44-36(41)23-18-27-38(6)28-26-37-5/h19,26,28,32,34H,5,7-18,20-25,27,29-30H2,1-4,6H3/b28-26-. The summed E-state index contributed by atoms with van der Waals surface area (Å²) in [5.74, 6) is 0.0964. The van der Waals surface area contributed by atoms with Crippen molar-refractivity contribution in [3.05, 3.63) is 24.0 Å². The molecule has 0 aromatic rings. The Morgan fingerprint density at radius 1 is 0.750 bits per heavy atom. The first kappa shape index (κ1) is 41.4. The fraction of sp³-hybridized carbons (Fsp3) is 0.778. The monoisotopic (exact) mass is 620 g/mol. The Balaban J connectivity index is 4.26. The second-order valence-electron chi connectivity index (χ2n) is 12.4. The molecule has 8 heteroatoms. The molecular weight excluding hydrogens is 556 g/mol. The van der Waals surface area contributed by atoms with E-state index in [4.69, 9.17) is 14.2 Å². The lowest BCUT2D eigenvalue weighted by molar-refractivity contribution is -0.150. The number of aliphatic imine (C=N–C) groups is 1. The van der Waals surface area contributed by atoms with Gasteiger partial charge in [0.1, 0.15) is 6.10 Å². The highest BCUT2D eigenvalue weighted by atomic mass is 16.5. The van der Waals surface area contributed by atoms with Crippen molar-refractivity contribution in [2.75, 3.05) is 26.8 Å². The summed E-state index contributed by atoms with van der Waals surface area (Å²) in [5.41, 5.74) is 1.36. The third kappa shape index (κ3) is 29.4. The lowest BCUT2D eigenvalue weighted by Crippen LogP contribution is -2.20. The van der Waals surface area contributed by atoms with Gasteiger partial charge in [-0.25, -0.2) is 0 Å². The molecule has 0 aromatic carbocycles. The van der Waals surface area contributed by atoms with Crippen molar-refractivity contribution >= 4 is 24.6 Å². The van der Waals surface area contributed by atoms with Crippen LogP contribution < -0.4 is 0 Å². The molecule has 2 unspecified atom stereocenters. The van der Waals surface area contributed by atoms with E-state index in [9.17, 15) is 14.4 Å². The van der Waals surface area contributed by atoms with Crippen LogP contribution >= 0.6 is 0 Å². The van der Waals surface area contributed by atoms with Gasteiger partial charge >= 0.3 is 17.9 Å². The second kappa shape index (κ2) is 29.1. The number of hydrogen-bond donors (Lipinski definition) is 0. The summed E-state index contributed by atoms with van der Waals surface area (Å²) in [7, 11) is 1.94. The molecule has 0 N–H and O–H groups in total. The zero-order chi connectivity index (χ0) is 32.8. The van der Waals surface area contributed by atoms with Crippen LogP contribution in [0.2, 0.25) is 0 Å². The maximum absolute atomic E-state index is 12.6. The van der Waals surface area contributed by atoms with Gasteiger partial charge in [0.25, 0.3) is 0 Å². The van der Waals surface area contributed by atoms with E-state index in [0.717, 1.165) is 103 Å². The zero-order valence-corrected chi connectivity index (χ0v) is 28.8. The fourth-order valence-electron chi connectivity index (χ4n) is 4.89. The number of esters is 3. The Hall–Kier alpha value is -2.64. The SMILES string of the molecule is C=N/C=C\N(C)CCCC(=O)OC(CCCCCCCOC(C)=O)CCCCCCOC(=O)CCC(C)CCCC=C(C)C. The largest absolute Gasteiger partial charge is 0.466 e. The minimum Gasteiger partial charge on any atom is -0.466 e. The first-order valence-corrected chi connectivity index (χ1v) is 17.1. The fourth-order valence-corrected chi connectivity index (χ4v) is 4.89. The van der Waals surface area contributed by atoms with E-state index in [1.807, 2.05) is 18.1 Å². The van der Waals surface area contributed by atoms with Crippen LogP contribution in [0, 0.1) is 5.92 Å². The molecule has 0 rings (SSSR count). The number of rotatable bonds is 29. The minimum atomic E-state index is -0.227. The lowest BCUT2D eigenvalue weighted by Gasteiger charge is -2.19. The Morgan fingerprint density at radius 3 is 1.98 bits per heavy atom. The molecule has 0 saturated carbocycles. The van der Waals surface area contributed by atoms with Gasteiger partial charge < -0.3 is 19.1 Å². The van der Waals surface area contributed by atoms with Gasteiger partial charge in [-0.05, 0) is 90.7 Å². The Labute approximate surface area is 269 Å². The molecule has 0 aromatic heterocycles. The number of carbonyl (C=O) groups excluding carboxylic acids is 3. The lowest BCUT2D eigenvalue weighted by atomic mass is 9.98. The summed E-state index contributed by atoms with van der Waals surface area (Å²) in [6.07, 6.45) is 22.3. The summed E-state index contributed by atoms with van der Waals surface area (Å²) >= 11 is 0. The van der Waals surface area contributed by atoms with Crippen LogP contribution in [0.1, 0.15) is 143 Å². The normalized spacial score (nSPS) is 12.4. The molecule has 0 aliphatic rings. The predicted molar refractivity (Wildman–Crippen MR) is 180 cm³/mol. The molecule has 0 radical (unpaired) electrons. The highest BCUT2D eigenvalue weighted by molar-refractivity contribution is 5.69. The maximum atomic E-state index is 12.6. The smallest absolute Gasteiger partial charge is 0.306 e. The molecule has 0 aliphatic heterocycles. The summed E-state index contributed by atoms with van der Waals surface area (Å²) in [4.78, 5) is 41.2. The highest BCUT2D eigenvalue weighted by Gasteiger charge is 2.15. The Bertz CT molecular complexity index is 821. The van der Waals surface area contributed by atoms with Gasteiger partial charge in [-0.1, -0.05) is 57.1 Å². The van der Waals surface area contributed by atoms with E-state index >= 15 is 0 Å². The first-order valence-electron chi connectivity index (χ1n) is 17.1.